The van der Waals surface area contributed by atoms with Crippen molar-refractivity contribution in [2.45, 2.75) is 25.8 Å². The van der Waals surface area contributed by atoms with Crippen LogP contribution in [0.2, 0.25) is 0 Å². The van der Waals surface area contributed by atoms with Gasteiger partial charge >= 0.3 is 5.97 Å². The second-order valence-corrected chi connectivity index (χ2v) is 4.62. The topological polar surface area (TPSA) is 69.6 Å². The third kappa shape index (κ3) is 4.02. The Balaban J connectivity index is 2.79. The SMILES string of the molecule is CCC(CCO)Nc1ccc(C(=O)O)c(Br)c1. The van der Waals surface area contributed by atoms with E-state index in [0.29, 0.717) is 10.9 Å². The Bertz CT molecular complexity index is 395. The number of carboxylic acid groups (broad SMARTS) is 1. The zero-order valence-corrected chi connectivity index (χ0v) is 11.2. The van der Waals surface area contributed by atoms with Crippen LogP contribution in [0.3, 0.4) is 0 Å². The number of aliphatic hydroxyl groups excluding tert-OH is 1. The minimum atomic E-state index is -0.953. The van der Waals surface area contributed by atoms with Crippen LogP contribution in [0.15, 0.2) is 22.7 Å². The van der Waals surface area contributed by atoms with E-state index in [2.05, 4.69) is 21.2 Å². The van der Waals surface area contributed by atoms with E-state index in [9.17, 15) is 4.79 Å². The van der Waals surface area contributed by atoms with Crippen molar-refractivity contribution in [1.29, 1.82) is 0 Å². The largest absolute Gasteiger partial charge is 0.478 e. The van der Waals surface area contributed by atoms with E-state index in [-0.39, 0.29) is 18.2 Å². The van der Waals surface area contributed by atoms with Gasteiger partial charge in [0.25, 0.3) is 0 Å². The van der Waals surface area contributed by atoms with Gasteiger partial charge < -0.3 is 15.5 Å². The number of anilines is 1. The maximum Gasteiger partial charge on any atom is 0.336 e. The summed E-state index contributed by atoms with van der Waals surface area (Å²) < 4.78 is 0.550. The molecule has 0 amide bonds. The number of halogens is 1. The molecule has 0 heterocycles. The van der Waals surface area contributed by atoms with Gasteiger partial charge in [-0.25, -0.2) is 4.79 Å². The first-order chi connectivity index (χ1) is 8.08. The summed E-state index contributed by atoms with van der Waals surface area (Å²) in [6, 6.07) is 5.22. The summed E-state index contributed by atoms with van der Waals surface area (Å²) in [6.07, 6.45) is 1.58. The van der Waals surface area contributed by atoms with E-state index in [1.165, 1.54) is 0 Å². The Morgan fingerprint density at radius 2 is 2.24 bits per heavy atom. The van der Waals surface area contributed by atoms with Gasteiger partial charge in [0.15, 0.2) is 0 Å². The first-order valence-corrected chi connectivity index (χ1v) is 6.28. The Hall–Kier alpha value is -1.07. The van der Waals surface area contributed by atoms with Crippen LogP contribution in [-0.2, 0) is 0 Å². The molecule has 3 N–H and O–H groups in total. The Morgan fingerprint density at radius 3 is 2.71 bits per heavy atom. The monoisotopic (exact) mass is 301 g/mol. The smallest absolute Gasteiger partial charge is 0.336 e. The van der Waals surface area contributed by atoms with Crippen LogP contribution in [0, 0.1) is 0 Å². The summed E-state index contributed by atoms with van der Waals surface area (Å²) in [4.78, 5) is 10.8. The van der Waals surface area contributed by atoms with Gasteiger partial charge in [-0.2, -0.15) is 0 Å². The van der Waals surface area contributed by atoms with E-state index in [0.717, 1.165) is 12.1 Å². The van der Waals surface area contributed by atoms with Crippen molar-refractivity contribution in [2.75, 3.05) is 11.9 Å². The standard InChI is InChI=1S/C12H16BrNO3/c1-2-8(5-6-15)14-9-3-4-10(12(16)17)11(13)7-9/h3-4,7-8,14-15H,2,5-6H2,1H3,(H,16,17). The number of carboxylic acids is 1. The zero-order valence-electron chi connectivity index (χ0n) is 9.61. The zero-order chi connectivity index (χ0) is 12.8. The van der Waals surface area contributed by atoms with E-state index in [1.807, 2.05) is 6.92 Å². The van der Waals surface area contributed by atoms with Crippen molar-refractivity contribution in [3.63, 3.8) is 0 Å². The van der Waals surface area contributed by atoms with Crippen molar-refractivity contribution < 1.29 is 15.0 Å². The molecule has 0 aliphatic rings. The number of aromatic carboxylic acids is 1. The molecule has 0 radical (unpaired) electrons. The third-order valence-electron chi connectivity index (χ3n) is 2.54. The van der Waals surface area contributed by atoms with Crippen molar-refractivity contribution in [1.82, 2.24) is 0 Å². The lowest BCUT2D eigenvalue weighted by atomic mass is 10.1. The van der Waals surface area contributed by atoms with Gasteiger partial charge in [0, 0.05) is 22.8 Å². The molecule has 1 rings (SSSR count). The second kappa shape index (κ2) is 6.61. The fraction of sp³-hybridized carbons (Fsp3) is 0.417. The highest BCUT2D eigenvalue weighted by atomic mass is 79.9. The van der Waals surface area contributed by atoms with Crippen LogP contribution in [-0.4, -0.2) is 28.8 Å². The lowest BCUT2D eigenvalue weighted by Gasteiger charge is -2.17. The molecule has 1 aromatic rings. The van der Waals surface area contributed by atoms with Crippen LogP contribution >= 0.6 is 15.9 Å². The van der Waals surface area contributed by atoms with Crippen LogP contribution in [0.5, 0.6) is 0 Å². The highest BCUT2D eigenvalue weighted by molar-refractivity contribution is 9.10. The molecule has 5 heteroatoms. The van der Waals surface area contributed by atoms with Gasteiger partial charge in [-0.05, 0) is 47.0 Å². The lowest BCUT2D eigenvalue weighted by Crippen LogP contribution is -2.19. The van der Waals surface area contributed by atoms with E-state index in [1.54, 1.807) is 18.2 Å². The highest BCUT2D eigenvalue weighted by Gasteiger charge is 2.10. The lowest BCUT2D eigenvalue weighted by molar-refractivity contribution is 0.0696. The second-order valence-electron chi connectivity index (χ2n) is 3.76. The molecule has 1 unspecified atom stereocenters. The summed E-state index contributed by atoms with van der Waals surface area (Å²) in [5, 5.41) is 21.0. The molecule has 1 atom stereocenters. The third-order valence-corrected chi connectivity index (χ3v) is 3.20. The summed E-state index contributed by atoms with van der Waals surface area (Å²) in [5.41, 5.74) is 1.09. The number of benzene rings is 1. The van der Waals surface area contributed by atoms with E-state index < -0.39 is 5.97 Å². The summed E-state index contributed by atoms with van der Waals surface area (Å²) >= 11 is 3.23. The summed E-state index contributed by atoms with van der Waals surface area (Å²) in [6.45, 7) is 2.17. The number of aliphatic hydroxyl groups is 1. The fourth-order valence-corrected chi connectivity index (χ4v) is 2.10. The summed E-state index contributed by atoms with van der Waals surface area (Å²) in [7, 11) is 0. The Morgan fingerprint density at radius 1 is 1.53 bits per heavy atom. The molecule has 94 valence electrons. The van der Waals surface area contributed by atoms with Crippen LogP contribution in [0.1, 0.15) is 30.1 Å². The predicted octanol–water partition coefficient (Wildman–Crippen LogP) is 2.72. The van der Waals surface area contributed by atoms with Crippen molar-refractivity contribution in [3.05, 3.63) is 28.2 Å². The first kappa shape index (κ1) is 14.0. The molecule has 4 nitrogen and oxygen atoms in total. The number of hydrogen-bond donors (Lipinski definition) is 3. The van der Waals surface area contributed by atoms with Gasteiger partial charge in [-0.15, -0.1) is 0 Å². The van der Waals surface area contributed by atoms with Gasteiger partial charge in [0.05, 0.1) is 5.56 Å². The predicted molar refractivity (Wildman–Crippen MR) is 70.5 cm³/mol. The minimum Gasteiger partial charge on any atom is -0.478 e. The average molecular weight is 302 g/mol. The fourth-order valence-electron chi connectivity index (χ4n) is 1.55. The van der Waals surface area contributed by atoms with Crippen molar-refractivity contribution in [2.24, 2.45) is 0 Å². The molecule has 0 aliphatic heterocycles. The van der Waals surface area contributed by atoms with Crippen LogP contribution in [0.25, 0.3) is 0 Å². The van der Waals surface area contributed by atoms with Crippen LogP contribution in [0.4, 0.5) is 5.69 Å². The average Bonchev–Trinajstić information content (AvgIpc) is 2.28. The van der Waals surface area contributed by atoms with Crippen LogP contribution < -0.4 is 5.32 Å². The molecule has 0 spiro atoms. The highest BCUT2D eigenvalue weighted by Crippen LogP contribution is 2.22. The molecule has 0 aliphatic carbocycles. The number of rotatable bonds is 6. The van der Waals surface area contributed by atoms with Gasteiger partial charge in [-0.3, -0.25) is 0 Å². The molecule has 1 aromatic carbocycles. The molecule has 0 aromatic heterocycles. The molecular weight excluding hydrogens is 286 g/mol. The number of carbonyl (C=O) groups is 1. The van der Waals surface area contributed by atoms with E-state index >= 15 is 0 Å². The molecule has 0 saturated heterocycles. The van der Waals surface area contributed by atoms with Gasteiger partial charge in [0.1, 0.15) is 0 Å². The maximum absolute atomic E-state index is 10.8. The molecular formula is C12H16BrNO3. The number of nitrogens with one attached hydrogen (secondary N) is 1. The molecule has 0 saturated carbocycles. The van der Waals surface area contributed by atoms with Crippen molar-refractivity contribution >= 4 is 27.6 Å². The quantitative estimate of drug-likeness (QED) is 0.755. The van der Waals surface area contributed by atoms with Gasteiger partial charge in [-0.1, -0.05) is 6.92 Å². The van der Waals surface area contributed by atoms with E-state index in [4.69, 9.17) is 10.2 Å². The number of hydrogen-bond acceptors (Lipinski definition) is 3. The summed E-state index contributed by atoms with van der Waals surface area (Å²) in [5.74, 6) is -0.953. The molecule has 0 bridgehead atoms. The Labute approximate surface area is 109 Å². The molecule has 17 heavy (non-hydrogen) atoms. The Kier molecular flexibility index (Phi) is 5.44. The van der Waals surface area contributed by atoms with Crippen molar-refractivity contribution in [3.8, 4) is 0 Å². The molecule has 0 fully saturated rings. The minimum absolute atomic E-state index is 0.139. The van der Waals surface area contributed by atoms with Gasteiger partial charge in [0.2, 0.25) is 0 Å². The maximum atomic E-state index is 10.8. The normalized spacial score (nSPS) is 12.2. The first-order valence-electron chi connectivity index (χ1n) is 5.48.